The van der Waals surface area contributed by atoms with Gasteiger partial charge in [0.1, 0.15) is 11.4 Å². The number of carboxylic acid groups (broad SMARTS) is 1. The highest BCUT2D eigenvalue weighted by Crippen LogP contribution is 2.32. The molecule has 7 nitrogen and oxygen atoms in total. The van der Waals surface area contributed by atoms with Crippen molar-refractivity contribution < 1.29 is 32.6 Å². The molecule has 1 aromatic heterocycles. The second-order valence-electron chi connectivity index (χ2n) is 5.78. The number of nitrogens with zero attached hydrogens (tertiary/aromatic N) is 1. The van der Waals surface area contributed by atoms with Crippen LogP contribution in [0.15, 0.2) is 12.3 Å². The number of ether oxygens (including phenoxy) is 1. The molecule has 0 spiro atoms. The van der Waals surface area contributed by atoms with Gasteiger partial charge in [-0.15, -0.1) is 0 Å². The van der Waals surface area contributed by atoms with Crippen LogP contribution in [-0.4, -0.2) is 47.3 Å². The number of hydrogen-bond donors (Lipinski definition) is 3. The number of aliphatic carboxylic acids is 1. The number of alkyl halides is 3. The second kappa shape index (κ2) is 8.09. The molecule has 0 radical (unpaired) electrons. The van der Waals surface area contributed by atoms with Crippen LogP contribution >= 0.6 is 11.6 Å². The number of carboxylic acids is 1. The number of anilines is 1. The van der Waals surface area contributed by atoms with E-state index in [1.165, 1.54) is 0 Å². The lowest BCUT2D eigenvalue weighted by Gasteiger charge is -2.33. The minimum absolute atomic E-state index is 0.00600. The SMILES string of the molecule is O=C(CCNc1ncc(C(F)(F)F)cc1Cl)NC1(C(=O)O)CCOCC1. The fourth-order valence-corrected chi connectivity index (χ4v) is 2.69. The second-order valence-corrected chi connectivity index (χ2v) is 6.18. The molecule has 1 amide bonds. The summed E-state index contributed by atoms with van der Waals surface area (Å²) < 4.78 is 42.8. The van der Waals surface area contributed by atoms with E-state index >= 15 is 0 Å². The zero-order chi connectivity index (χ0) is 19.4. The predicted molar refractivity (Wildman–Crippen MR) is 85.9 cm³/mol. The van der Waals surface area contributed by atoms with E-state index in [0.29, 0.717) is 6.20 Å². The van der Waals surface area contributed by atoms with Crippen LogP contribution in [-0.2, 0) is 20.5 Å². The molecule has 11 heteroatoms. The molecule has 0 aromatic carbocycles. The Morgan fingerprint density at radius 1 is 1.35 bits per heavy atom. The standard InChI is InChI=1S/C15H17ClF3N3O4/c16-10-7-9(15(17,18)19)8-21-12(10)20-4-1-11(23)22-14(13(24)25)2-5-26-6-3-14/h7-8H,1-6H2,(H,20,21)(H,22,23)(H,24,25). The van der Waals surface area contributed by atoms with Crippen LogP contribution in [0.1, 0.15) is 24.8 Å². The number of hydrogen-bond acceptors (Lipinski definition) is 5. The largest absolute Gasteiger partial charge is 0.480 e. The fraction of sp³-hybridized carbons (Fsp3) is 0.533. The number of carbonyl (C=O) groups is 2. The Morgan fingerprint density at radius 2 is 2.00 bits per heavy atom. The monoisotopic (exact) mass is 395 g/mol. The zero-order valence-electron chi connectivity index (χ0n) is 13.5. The van der Waals surface area contributed by atoms with Gasteiger partial charge < -0.3 is 20.5 Å². The molecule has 1 saturated heterocycles. The van der Waals surface area contributed by atoms with Crippen LogP contribution in [0.2, 0.25) is 5.02 Å². The molecule has 0 saturated carbocycles. The van der Waals surface area contributed by atoms with Crippen molar-refractivity contribution in [2.24, 2.45) is 0 Å². The van der Waals surface area contributed by atoms with Crippen molar-refractivity contribution in [3.8, 4) is 0 Å². The highest BCUT2D eigenvalue weighted by molar-refractivity contribution is 6.32. The molecular formula is C15H17ClF3N3O4. The van der Waals surface area contributed by atoms with Crippen LogP contribution < -0.4 is 10.6 Å². The minimum Gasteiger partial charge on any atom is -0.480 e. The Kier molecular flexibility index (Phi) is 6.30. The van der Waals surface area contributed by atoms with Gasteiger partial charge in [0.05, 0.1) is 10.6 Å². The van der Waals surface area contributed by atoms with E-state index in [4.69, 9.17) is 16.3 Å². The summed E-state index contributed by atoms with van der Waals surface area (Å²) in [6.45, 7) is 0.488. The fourth-order valence-electron chi connectivity index (χ4n) is 2.46. The summed E-state index contributed by atoms with van der Waals surface area (Å²) in [7, 11) is 0. The Labute approximate surface area is 151 Å². The molecule has 144 valence electrons. The van der Waals surface area contributed by atoms with E-state index in [1.54, 1.807) is 0 Å². The van der Waals surface area contributed by atoms with Gasteiger partial charge in [0, 0.05) is 45.2 Å². The van der Waals surface area contributed by atoms with Crippen LogP contribution in [0.3, 0.4) is 0 Å². The zero-order valence-corrected chi connectivity index (χ0v) is 14.3. The molecule has 0 aliphatic carbocycles. The number of nitrogens with one attached hydrogen (secondary N) is 2. The Balaban J connectivity index is 1.89. The average molecular weight is 396 g/mol. The number of rotatable bonds is 6. The summed E-state index contributed by atoms with van der Waals surface area (Å²) in [5, 5.41) is 14.3. The number of halogens is 4. The third-order valence-corrected chi connectivity index (χ3v) is 4.24. The first kappa shape index (κ1) is 20.2. The lowest BCUT2D eigenvalue weighted by atomic mass is 9.90. The number of aromatic nitrogens is 1. The van der Waals surface area contributed by atoms with Gasteiger partial charge in [0.25, 0.3) is 0 Å². The van der Waals surface area contributed by atoms with E-state index in [2.05, 4.69) is 15.6 Å². The highest BCUT2D eigenvalue weighted by atomic mass is 35.5. The first-order chi connectivity index (χ1) is 12.1. The van der Waals surface area contributed by atoms with Gasteiger partial charge in [-0.25, -0.2) is 9.78 Å². The summed E-state index contributed by atoms with van der Waals surface area (Å²) in [5.74, 6) is -1.63. The summed E-state index contributed by atoms with van der Waals surface area (Å²) in [6, 6.07) is 0.735. The Bertz CT molecular complexity index is 679. The Morgan fingerprint density at radius 3 is 2.54 bits per heavy atom. The Hall–Kier alpha value is -2.07. The van der Waals surface area contributed by atoms with E-state index in [-0.39, 0.29) is 49.9 Å². The maximum absolute atomic E-state index is 12.6. The van der Waals surface area contributed by atoms with Gasteiger partial charge >= 0.3 is 12.1 Å². The van der Waals surface area contributed by atoms with Crippen LogP contribution in [0.4, 0.5) is 19.0 Å². The third kappa shape index (κ3) is 4.98. The highest BCUT2D eigenvalue weighted by Gasteiger charge is 2.41. The van der Waals surface area contributed by atoms with Crippen molar-refractivity contribution in [2.45, 2.75) is 31.0 Å². The van der Waals surface area contributed by atoms with Crippen LogP contribution in [0.5, 0.6) is 0 Å². The first-order valence-electron chi connectivity index (χ1n) is 7.73. The van der Waals surface area contributed by atoms with E-state index in [0.717, 1.165) is 6.07 Å². The molecule has 2 heterocycles. The number of amides is 1. The first-order valence-corrected chi connectivity index (χ1v) is 8.11. The lowest BCUT2D eigenvalue weighted by molar-refractivity contribution is -0.152. The molecule has 2 rings (SSSR count). The van der Waals surface area contributed by atoms with Crippen LogP contribution in [0.25, 0.3) is 0 Å². The van der Waals surface area contributed by atoms with E-state index in [9.17, 15) is 27.9 Å². The minimum atomic E-state index is -4.55. The maximum Gasteiger partial charge on any atom is 0.417 e. The van der Waals surface area contributed by atoms with Crippen molar-refractivity contribution in [3.05, 3.63) is 22.8 Å². The predicted octanol–water partition coefficient (Wildman–Crippen LogP) is 2.31. The van der Waals surface area contributed by atoms with Crippen molar-refractivity contribution in [1.82, 2.24) is 10.3 Å². The summed E-state index contributed by atoms with van der Waals surface area (Å²) in [6.07, 6.45) is -3.70. The molecule has 0 atom stereocenters. The summed E-state index contributed by atoms with van der Waals surface area (Å²) >= 11 is 5.75. The molecule has 0 bridgehead atoms. The quantitative estimate of drug-likeness (QED) is 0.683. The van der Waals surface area contributed by atoms with Crippen molar-refractivity contribution in [3.63, 3.8) is 0 Å². The maximum atomic E-state index is 12.6. The van der Waals surface area contributed by atoms with E-state index < -0.39 is 29.2 Å². The van der Waals surface area contributed by atoms with Gasteiger partial charge in [-0.3, -0.25) is 4.79 Å². The van der Waals surface area contributed by atoms with Crippen molar-refractivity contribution >= 4 is 29.3 Å². The number of carbonyl (C=O) groups excluding carboxylic acids is 1. The lowest BCUT2D eigenvalue weighted by Crippen LogP contribution is -2.57. The summed E-state index contributed by atoms with van der Waals surface area (Å²) in [5.41, 5.74) is -2.34. The average Bonchev–Trinajstić information content (AvgIpc) is 2.56. The summed E-state index contributed by atoms with van der Waals surface area (Å²) in [4.78, 5) is 27.1. The van der Waals surface area contributed by atoms with Crippen molar-refractivity contribution in [1.29, 1.82) is 0 Å². The molecule has 1 aromatic rings. The van der Waals surface area contributed by atoms with Gasteiger partial charge in [-0.05, 0) is 6.07 Å². The smallest absolute Gasteiger partial charge is 0.417 e. The molecule has 1 aliphatic heterocycles. The molecule has 26 heavy (non-hydrogen) atoms. The molecule has 0 unspecified atom stereocenters. The number of pyridine rings is 1. The normalized spacial score (nSPS) is 16.8. The third-order valence-electron chi connectivity index (χ3n) is 3.95. The van der Waals surface area contributed by atoms with Gasteiger partial charge in [-0.1, -0.05) is 11.6 Å². The van der Waals surface area contributed by atoms with Crippen LogP contribution in [0, 0.1) is 0 Å². The molecule has 1 fully saturated rings. The topological polar surface area (TPSA) is 101 Å². The van der Waals surface area contributed by atoms with Gasteiger partial charge in [0.2, 0.25) is 5.91 Å². The molecular weight excluding hydrogens is 379 g/mol. The van der Waals surface area contributed by atoms with Gasteiger partial charge in [-0.2, -0.15) is 13.2 Å². The van der Waals surface area contributed by atoms with E-state index in [1.807, 2.05) is 0 Å². The van der Waals surface area contributed by atoms with Gasteiger partial charge in [0.15, 0.2) is 0 Å². The molecule has 3 N–H and O–H groups in total. The van der Waals surface area contributed by atoms with Crippen molar-refractivity contribution in [2.75, 3.05) is 25.1 Å². The molecule has 1 aliphatic rings.